The lowest BCUT2D eigenvalue weighted by molar-refractivity contribution is 0.714. The molecule has 0 heterocycles. The van der Waals surface area contributed by atoms with Gasteiger partial charge in [0, 0.05) is 16.8 Å². The van der Waals surface area contributed by atoms with E-state index < -0.39 is 0 Å². The van der Waals surface area contributed by atoms with Gasteiger partial charge in [0.05, 0.1) is 0 Å². The first kappa shape index (κ1) is 21.6. The molecule has 0 aliphatic heterocycles. The van der Waals surface area contributed by atoms with Crippen LogP contribution in [0.1, 0.15) is 23.6 Å². The lowest BCUT2D eigenvalue weighted by Crippen LogP contribution is -2.22. The van der Waals surface area contributed by atoms with Crippen LogP contribution in [0.5, 0.6) is 0 Å². The van der Waals surface area contributed by atoms with Gasteiger partial charge in [0.25, 0.3) is 0 Å². The Morgan fingerprint density at radius 1 is 0.459 bits per heavy atom. The summed E-state index contributed by atoms with van der Waals surface area (Å²) in [7, 11) is 0. The van der Waals surface area contributed by atoms with Crippen LogP contribution in [0.3, 0.4) is 0 Å². The van der Waals surface area contributed by atoms with Crippen molar-refractivity contribution in [1.82, 2.24) is 0 Å². The Hall–Kier alpha value is -4.62. The van der Waals surface area contributed by atoms with Crippen LogP contribution in [0.4, 0.5) is 11.4 Å². The van der Waals surface area contributed by atoms with Gasteiger partial charge in [0.15, 0.2) is 0 Å². The molecular weight excluding hydrogens is 446 g/mol. The molecule has 1 aliphatic carbocycles. The molecule has 6 aromatic carbocycles. The summed E-state index contributed by atoms with van der Waals surface area (Å²) in [6.07, 6.45) is 0. The number of fused-ring (bicyclic) bond motifs is 4. The molecule has 37 heavy (non-hydrogen) atoms. The Morgan fingerprint density at radius 2 is 1.05 bits per heavy atom. The molecule has 0 saturated heterocycles. The van der Waals surface area contributed by atoms with Gasteiger partial charge in [-0.1, -0.05) is 103 Å². The predicted octanol–water partition coefficient (Wildman–Crippen LogP) is 9.59. The molecule has 1 N–H and O–H groups in total. The maximum atomic E-state index is 3.60. The van der Waals surface area contributed by atoms with E-state index in [0.717, 1.165) is 11.4 Å². The second-order valence-corrected chi connectivity index (χ2v) is 10.1. The first-order valence-corrected chi connectivity index (χ1v) is 12.9. The number of rotatable bonds is 4. The van der Waals surface area contributed by atoms with E-state index in [2.05, 4.69) is 146 Å². The molecule has 1 atom stereocenters. The summed E-state index contributed by atoms with van der Waals surface area (Å²) in [5, 5.41) is 6.14. The van der Waals surface area contributed by atoms with Gasteiger partial charge in [-0.25, -0.2) is 0 Å². The minimum Gasteiger partial charge on any atom is -0.356 e. The molecule has 0 saturated carbocycles. The van der Waals surface area contributed by atoms with Gasteiger partial charge in [0.2, 0.25) is 0 Å². The summed E-state index contributed by atoms with van der Waals surface area (Å²) in [5.41, 5.74) is 11.1. The van der Waals surface area contributed by atoms with Gasteiger partial charge in [0.1, 0.15) is 0 Å². The summed E-state index contributed by atoms with van der Waals surface area (Å²) < 4.78 is 0. The maximum Gasteiger partial charge on any atom is 0.0436 e. The highest BCUT2D eigenvalue weighted by atomic mass is 14.9. The fourth-order valence-electron chi connectivity index (χ4n) is 5.93. The Labute approximate surface area is 218 Å². The largest absolute Gasteiger partial charge is 0.356 e. The number of para-hydroxylation sites is 1. The van der Waals surface area contributed by atoms with Crippen molar-refractivity contribution < 1.29 is 0 Å². The van der Waals surface area contributed by atoms with Crippen molar-refractivity contribution in [3.8, 4) is 22.3 Å². The molecule has 1 aliphatic rings. The van der Waals surface area contributed by atoms with Crippen molar-refractivity contribution in [2.24, 2.45) is 0 Å². The molecule has 0 radical (unpaired) electrons. The second kappa shape index (κ2) is 8.50. The molecule has 0 fully saturated rings. The Morgan fingerprint density at radius 3 is 1.84 bits per heavy atom. The van der Waals surface area contributed by atoms with Crippen molar-refractivity contribution in [2.75, 3.05) is 5.32 Å². The minimum atomic E-state index is -0.257. The molecule has 0 aromatic heterocycles. The molecule has 176 valence electrons. The summed E-state index contributed by atoms with van der Waals surface area (Å²) >= 11 is 0. The van der Waals surface area contributed by atoms with Crippen LogP contribution in [0.2, 0.25) is 0 Å². The normalized spacial score (nSPS) is 15.8. The minimum absolute atomic E-state index is 0.257. The smallest absolute Gasteiger partial charge is 0.0436 e. The molecule has 0 spiro atoms. The summed E-state index contributed by atoms with van der Waals surface area (Å²) in [5.74, 6) is 0. The fourth-order valence-corrected chi connectivity index (χ4v) is 5.93. The van der Waals surface area contributed by atoms with E-state index in [9.17, 15) is 0 Å². The highest BCUT2D eigenvalue weighted by Crippen LogP contribution is 2.53. The van der Waals surface area contributed by atoms with Gasteiger partial charge in [-0.2, -0.15) is 0 Å². The predicted molar refractivity (Wildman–Crippen MR) is 157 cm³/mol. The second-order valence-electron chi connectivity index (χ2n) is 10.1. The van der Waals surface area contributed by atoms with Crippen LogP contribution in [0.25, 0.3) is 33.0 Å². The Bertz CT molecular complexity index is 1750. The average molecular weight is 474 g/mol. The Kier molecular flexibility index (Phi) is 4.97. The van der Waals surface area contributed by atoms with Crippen molar-refractivity contribution in [2.45, 2.75) is 12.3 Å². The van der Waals surface area contributed by atoms with Crippen molar-refractivity contribution >= 4 is 22.1 Å². The van der Waals surface area contributed by atoms with E-state index in [1.54, 1.807) is 0 Å². The SMILES string of the molecule is CC1(c2ccccc2)c2cc(Nc3ccccc3)ccc2-c2ccc(-c3ccc4ccccc4c3)cc21. The number of hydrogen-bond acceptors (Lipinski definition) is 1. The zero-order valence-corrected chi connectivity index (χ0v) is 20.8. The lowest BCUT2D eigenvalue weighted by atomic mass is 9.74. The third-order valence-corrected chi connectivity index (χ3v) is 7.90. The summed E-state index contributed by atoms with van der Waals surface area (Å²) in [4.78, 5) is 0. The van der Waals surface area contributed by atoms with Gasteiger partial charge in [-0.15, -0.1) is 0 Å². The van der Waals surface area contributed by atoms with Crippen LogP contribution in [-0.2, 0) is 5.41 Å². The molecule has 1 heteroatoms. The van der Waals surface area contributed by atoms with Crippen molar-refractivity contribution in [3.63, 3.8) is 0 Å². The molecule has 1 unspecified atom stereocenters. The van der Waals surface area contributed by atoms with Crippen LogP contribution in [0.15, 0.2) is 140 Å². The molecule has 7 rings (SSSR count). The van der Waals surface area contributed by atoms with Gasteiger partial charge in [-0.3, -0.25) is 0 Å². The van der Waals surface area contributed by atoms with E-state index in [4.69, 9.17) is 0 Å². The van der Waals surface area contributed by atoms with Gasteiger partial charge >= 0.3 is 0 Å². The van der Waals surface area contributed by atoms with Crippen LogP contribution in [0, 0.1) is 0 Å². The zero-order chi connectivity index (χ0) is 24.8. The first-order valence-electron chi connectivity index (χ1n) is 12.9. The Balaban J connectivity index is 1.39. The van der Waals surface area contributed by atoms with E-state index in [1.807, 2.05) is 6.07 Å². The van der Waals surface area contributed by atoms with E-state index in [1.165, 1.54) is 49.7 Å². The highest BCUT2D eigenvalue weighted by Gasteiger charge is 2.41. The zero-order valence-electron chi connectivity index (χ0n) is 20.8. The van der Waals surface area contributed by atoms with Gasteiger partial charge < -0.3 is 5.32 Å². The van der Waals surface area contributed by atoms with E-state index in [-0.39, 0.29) is 5.41 Å². The van der Waals surface area contributed by atoms with Crippen LogP contribution < -0.4 is 5.32 Å². The lowest BCUT2D eigenvalue weighted by Gasteiger charge is -2.29. The highest BCUT2D eigenvalue weighted by molar-refractivity contribution is 5.90. The standard InChI is InChI=1S/C36H27N/c1-36(29-12-4-2-5-13-29)34-23-28(27-17-16-25-10-8-9-11-26(25)22-27)18-20-32(34)33-21-19-31(24-35(33)36)37-30-14-6-3-7-15-30/h2-24,37H,1H3. The maximum absolute atomic E-state index is 3.60. The average Bonchev–Trinajstić information content (AvgIpc) is 3.22. The fraction of sp³-hybridized carbons (Fsp3) is 0.0556. The first-order chi connectivity index (χ1) is 18.2. The molecule has 6 aromatic rings. The number of anilines is 2. The van der Waals surface area contributed by atoms with Crippen molar-refractivity contribution in [1.29, 1.82) is 0 Å². The van der Waals surface area contributed by atoms with Crippen LogP contribution in [-0.4, -0.2) is 0 Å². The third kappa shape index (κ3) is 3.55. The topological polar surface area (TPSA) is 12.0 Å². The summed E-state index contributed by atoms with van der Waals surface area (Å²) in [6.45, 7) is 2.38. The van der Waals surface area contributed by atoms with Crippen molar-refractivity contribution in [3.05, 3.63) is 156 Å². The van der Waals surface area contributed by atoms with Crippen LogP contribution >= 0.6 is 0 Å². The monoisotopic (exact) mass is 473 g/mol. The quantitative estimate of drug-likeness (QED) is 0.269. The molecule has 0 amide bonds. The molecule has 0 bridgehead atoms. The van der Waals surface area contributed by atoms with E-state index >= 15 is 0 Å². The molecule has 1 nitrogen and oxygen atoms in total. The number of hydrogen-bond donors (Lipinski definition) is 1. The van der Waals surface area contributed by atoms with E-state index in [0.29, 0.717) is 0 Å². The number of benzene rings is 6. The third-order valence-electron chi connectivity index (χ3n) is 7.90. The van der Waals surface area contributed by atoms with Gasteiger partial charge in [-0.05, 0) is 93.0 Å². The summed E-state index contributed by atoms with van der Waals surface area (Å²) in [6, 6.07) is 50.5. The number of nitrogens with one attached hydrogen (secondary N) is 1. The molecular formula is C36H27N.